The monoisotopic (exact) mass is 320 g/mol. The summed E-state index contributed by atoms with van der Waals surface area (Å²) in [6, 6.07) is 4.78. The first-order valence-corrected chi connectivity index (χ1v) is 6.70. The van der Waals surface area contributed by atoms with Gasteiger partial charge in [-0.05, 0) is 12.1 Å². The second kappa shape index (κ2) is 9.26. The van der Waals surface area contributed by atoms with Gasteiger partial charge in [-0.15, -0.1) is 0 Å². The molecule has 1 rings (SSSR count). The van der Waals surface area contributed by atoms with Crippen molar-refractivity contribution in [2.24, 2.45) is 0 Å². The van der Waals surface area contributed by atoms with Crippen LogP contribution < -0.4 is 15.4 Å². The molecule has 1 aromatic rings. The molecule has 0 aliphatic carbocycles. The van der Waals surface area contributed by atoms with Crippen LogP contribution in [0.4, 0.5) is 13.2 Å². The van der Waals surface area contributed by atoms with Crippen molar-refractivity contribution in [3.8, 4) is 5.75 Å². The number of hydrogen-bond donors (Lipinski definition) is 2. The van der Waals surface area contributed by atoms with Gasteiger partial charge in [0, 0.05) is 26.7 Å². The zero-order chi connectivity index (χ0) is 16.4. The van der Waals surface area contributed by atoms with E-state index in [1.807, 2.05) is 0 Å². The second-order valence-corrected chi connectivity index (χ2v) is 4.38. The molecule has 0 aromatic heterocycles. The highest BCUT2D eigenvalue weighted by Crippen LogP contribution is 2.35. The second-order valence-electron chi connectivity index (χ2n) is 4.38. The van der Waals surface area contributed by atoms with Gasteiger partial charge in [0.1, 0.15) is 5.75 Å². The Hall–Kier alpha value is -1.80. The van der Waals surface area contributed by atoms with Crippen molar-refractivity contribution in [2.45, 2.75) is 6.18 Å². The van der Waals surface area contributed by atoms with E-state index in [4.69, 9.17) is 9.47 Å². The van der Waals surface area contributed by atoms with Crippen LogP contribution in [0.5, 0.6) is 5.75 Å². The third-order valence-electron chi connectivity index (χ3n) is 2.66. The maximum atomic E-state index is 12.7. The number of hydrogen-bond acceptors (Lipinski definition) is 4. The van der Waals surface area contributed by atoms with Crippen molar-refractivity contribution in [3.63, 3.8) is 0 Å². The molecule has 0 atom stereocenters. The van der Waals surface area contributed by atoms with Crippen LogP contribution in [0.2, 0.25) is 0 Å². The Morgan fingerprint density at radius 1 is 1.18 bits per heavy atom. The van der Waals surface area contributed by atoms with Gasteiger partial charge in [0.15, 0.2) is 6.61 Å². The highest BCUT2D eigenvalue weighted by molar-refractivity contribution is 5.77. The lowest BCUT2D eigenvalue weighted by molar-refractivity contribution is -0.139. The van der Waals surface area contributed by atoms with Gasteiger partial charge in [-0.2, -0.15) is 13.2 Å². The minimum absolute atomic E-state index is 0.354. The predicted molar refractivity (Wildman–Crippen MR) is 74.7 cm³/mol. The van der Waals surface area contributed by atoms with Gasteiger partial charge in [-0.25, -0.2) is 0 Å². The molecule has 0 saturated heterocycles. The lowest BCUT2D eigenvalue weighted by atomic mass is 10.2. The Labute approximate surface area is 126 Å². The first-order chi connectivity index (χ1) is 10.4. The summed E-state index contributed by atoms with van der Waals surface area (Å²) in [6.45, 7) is 1.64. The van der Waals surface area contributed by atoms with Crippen molar-refractivity contribution in [1.29, 1.82) is 0 Å². The van der Waals surface area contributed by atoms with E-state index in [0.717, 1.165) is 6.07 Å². The summed E-state index contributed by atoms with van der Waals surface area (Å²) in [5.41, 5.74) is -0.899. The van der Waals surface area contributed by atoms with Crippen molar-refractivity contribution in [3.05, 3.63) is 29.8 Å². The number of alkyl halides is 3. The third-order valence-corrected chi connectivity index (χ3v) is 2.66. The average molecular weight is 320 g/mol. The Bertz CT molecular complexity index is 467. The summed E-state index contributed by atoms with van der Waals surface area (Å²) in [7, 11) is 1.58. The standard InChI is InChI=1S/C14H19F3N2O3/c1-21-9-8-18-6-7-19-13(20)10-22-12-5-3-2-4-11(12)14(15,16)17/h2-5,18H,6-10H2,1H3,(H,19,20). The summed E-state index contributed by atoms with van der Waals surface area (Å²) < 4.78 is 48.0. The number of nitrogens with one attached hydrogen (secondary N) is 2. The summed E-state index contributed by atoms with van der Waals surface area (Å²) in [5, 5.41) is 5.55. The van der Waals surface area contributed by atoms with Gasteiger partial charge < -0.3 is 20.1 Å². The van der Waals surface area contributed by atoms with Crippen LogP contribution in [0.1, 0.15) is 5.56 Å². The molecular formula is C14H19F3N2O3. The molecule has 0 fully saturated rings. The highest BCUT2D eigenvalue weighted by atomic mass is 19.4. The molecule has 0 radical (unpaired) electrons. The first kappa shape index (κ1) is 18.2. The minimum atomic E-state index is -4.52. The number of ether oxygens (including phenoxy) is 2. The molecule has 0 saturated carbocycles. The molecule has 0 unspecified atom stereocenters. The number of rotatable bonds is 9. The SMILES string of the molecule is COCCNCCNC(=O)COc1ccccc1C(F)(F)F. The molecule has 0 heterocycles. The zero-order valence-electron chi connectivity index (χ0n) is 12.2. The highest BCUT2D eigenvalue weighted by Gasteiger charge is 2.34. The van der Waals surface area contributed by atoms with Crippen molar-refractivity contribution in [2.75, 3.05) is 40.0 Å². The fourth-order valence-corrected chi connectivity index (χ4v) is 1.61. The van der Waals surface area contributed by atoms with E-state index in [-0.39, 0.29) is 5.75 Å². The minimum Gasteiger partial charge on any atom is -0.483 e. The molecule has 22 heavy (non-hydrogen) atoms. The van der Waals surface area contributed by atoms with E-state index in [9.17, 15) is 18.0 Å². The fraction of sp³-hybridized carbons (Fsp3) is 0.500. The van der Waals surface area contributed by atoms with Crippen LogP contribution in [0, 0.1) is 0 Å². The summed E-state index contributed by atoms with van der Waals surface area (Å²) >= 11 is 0. The molecule has 2 N–H and O–H groups in total. The van der Waals surface area contributed by atoms with Gasteiger partial charge >= 0.3 is 6.18 Å². The molecule has 0 spiro atoms. The number of methoxy groups -OCH3 is 1. The van der Waals surface area contributed by atoms with E-state index in [1.54, 1.807) is 7.11 Å². The quantitative estimate of drug-likeness (QED) is 0.676. The number of carbonyl (C=O) groups excluding carboxylic acids is 1. The van der Waals surface area contributed by atoms with Gasteiger partial charge in [0.25, 0.3) is 5.91 Å². The van der Waals surface area contributed by atoms with E-state index in [2.05, 4.69) is 10.6 Å². The summed E-state index contributed by atoms with van der Waals surface area (Å²) in [4.78, 5) is 11.5. The summed E-state index contributed by atoms with van der Waals surface area (Å²) in [5.74, 6) is -0.839. The molecule has 8 heteroatoms. The lowest BCUT2D eigenvalue weighted by Gasteiger charge is -2.13. The van der Waals surface area contributed by atoms with Crippen LogP contribution in [-0.4, -0.2) is 45.9 Å². The van der Waals surface area contributed by atoms with Gasteiger partial charge in [0.05, 0.1) is 12.2 Å². The summed E-state index contributed by atoms with van der Waals surface area (Å²) in [6.07, 6.45) is -4.52. The topological polar surface area (TPSA) is 59.6 Å². The number of benzene rings is 1. The number of carbonyl (C=O) groups is 1. The Balaban J connectivity index is 2.33. The van der Waals surface area contributed by atoms with Crippen LogP contribution in [0.3, 0.4) is 0 Å². The Kier molecular flexibility index (Phi) is 7.69. The molecule has 1 amide bonds. The van der Waals surface area contributed by atoms with Crippen LogP contribution in [0.15, 0.2) is 24.3 Å². The largest absolute Gasteiger partial charge is 0.483 e. The van der Waals surface area contributed by atoms with E-state index in [1.165, 1.54) is 18.2 Å². The van der Waals surface area contributed by atoms with Crippen LogP contribution >= 0.6 is 0 Å². The maximum absolute atomic E-state index is 12.7. The molecule has 0 aliphatic heterocycles. The maximum Gasteiger partial charge on any atom is 0.419 e. The smallest absolute Gasteiger partial charge is 0.419 e. The molecular weight excluding hydrogens is 301 g/mol. The Morgan fingerprint density at radius 2 is 1.91 bits per heavy atom. The van der Waals surface area contributed by atoms with Crippen molar-refractivity contribution in [1.82, 2.24) is 10.6 Å². The Morgan fingerprint density at radius 3 is 2.59 bits per heavy atom. The zero-order valence-corrected chi connectivity index (χ0v) is 12.2. The van der Waals surface area contributed by atoms with Crippen LogP contribution in [-0.2, 0) is 15.7 Å². The normalized spacial score (nSPS) is 11.3. The van der Waals surface area contributed by atoms with Crippen LogP contribution in [0.25, 0.3) is 0 Å². The molecule has 124 valence electrons. The van der Waals surface area contributed by atoms with Gasteiger partial charge in [-0.1, -0.05) is 12.1 Å². The van der Waals surface area contributed by atoms with Gasteiger partial charge in [-0.3, -0.25) is 4.79 Å². The number of halogens is 3. The molecule has 1 aromatic carbocycles. The molecule has 5 nitrogen and oxygen atoms in total. The fourth-order valence-electron chi connectivity index (χ4n) is 1.61. The lowest BCUT2D eigenvalue weighted by Crippen LogP contribution is -2.35. The third kappa shape index (κ3) is 6.77. The van der Waals surface area contributed by atoms with E-state index < -0.39 is 24.3 Å². The predicted octanol–water partition coefficient (Wildman–Crippen LogP) is 1.44. The van der Waals surface area contributed by atoms with Gasteiger partial charge in [0.2, 0.25) is 0 Å². The van der Waals surface area contributed by atoms with E-state index in [0.29, 0.717) is 26.2 Å². The molecule has 0 aliphatic rings. The average Bonchev–Trinajstić information content (AvgIpc) is 2.48. The van der Waals surface area contributed by atoms with E-state index >= 15 is 0 Å². The first-order valence-electron chi connectivity index (χ1n) is 6.70. The van der Waals surface area contributed by atoms with Crippen molar-refractivity contribution < 1.29 is 27.4 Å². The van der Waals surface area contributed by atoms with Crippen molar-refractivity contribution >= 4 is 5.91 Å². The molecule has 0 bridgehead atoms. The number of para-hydroxylation sites is 1. The number of amides is 1.